The molecule has 1 aliphatic heterocycles. The van der Waals surface area contributed by atoms with E-state index in [1.165, 1.54) is 15.3 Å². The molecule has 0 amide bonds. The number of fused-ring (bicyclic) bond motifs is 2. The van der Waals surface area contributed by atoms with E-state index in [1.54, 1.807) is 11.3 Å². The minimum Gasteiger partial charge on any atom is -0.307 e. The summed E-state index contributed by atoms with van der Waals surface area (Å²) >= 11 is 1.75. The highest BCUT2D eigenvalue weighted by Gasteiger charge is 2.11. The van der Waals surface area contributed by atoms with Gasteiger partial charge in [0, 0.05) is 23.8 Å². The van der Waals surface area contributed by atoms with E-state index in [2.05, 4.69) is 38.4 Å². The summed E-state index contributed by atoms with van der Waals surface area (Å²) in [5.74, 6) is 0. The second kappa shape index (κ2) is 4.40. The number of nitrogens with one attached hydrogen (secondary N) is 1. The Balaban J connectivity index is 2.33. The summed E-state index contributed by atoms with van der Waals surface area (Å²) in [7, 11) is 4.25. The quantitative estimate of drug-likeness (QED) is 0.608. The molecular formula is C15H17N3S+2. The maximum atomic E-state index is 5.98. The molecule has 3 nitrogen and oxygen atoms in total. The van der Waals surface area contributed by atoms with Crippen molar-refractivity contribution in [1.29, 1.82) is 0 Å². The normalized spacial score (nSPS) is 11.6. The zero-order valence-corrected chi connectivity index (χ0v) is 12.1. The molecule has 0 unspecified atom stereocenters. The molecule has 1 aromatic carbocycles. The van der Waals surface area contributed by atoms with Crippen LogP contribution in [0.2, 0.25) is 0 Å². The Labute approximate surface area is 116 Å². The standard InChI is InChI=1S/C15H15N3S/c1-9-6-13-15(8-11(9)16)19-14-7-10(18(2)3)4-5-12(14)17-13/h4-8,16H,1-3H3/p+2. The van der Waals surface area contributed by atoms with E-state index in [9.17, 15) is 0 Å². The van der Waals surface area contributed by atoms with Crippen LogP contribution in [0, 0.1) is 6.92 Å². The molecule has 0 saturated heterocycles. The molecule has 4 heteroatoms. The Morgan fingerprint density at radius 1 is 1.16 bits per heavy atom. The van der Waals surface area contributed by atoms with E-state index in [0.29, 0.717) is 0 Å². The van der Waals surface area contributed by atoms with Crippen LogP contribution in [0.5, 0.6) is 0 Å². The smallest absolute Gasteiger partial charge is 0.201 e. The minimum absolute atomic E-state index is 0.833. The fraction of sp³-hybridized carbons (Fsp3) is 0.200. The van der Waals surface area contributed by atoms with Gasteiger partial charge in [-0.1, -0.05) is 0 Å². The third-order valence-electron chi connectivity index (χ3n) is 3.35. The van der Waals surface area contributed by atoms with E-state index < -0.39 is 0 Å². The van der Waals surface area contributed by atoms with Gasteiger partial charge in [0.05, 0.1) is 34.9 Å². The molecule has 0 radical (unpaired) electrons. The highest BCUT2D eigenvalue weighted by atomic mass is 32.1. The van der Waals surface area contributed by atoms with Crippen LogP contribution in [0.3, 0.4) is 0 Å². The van der Waals surface area contributed by atoms with Gasteiger partial charge in [-0.05, 0) is 19.1 Å². The van der Waals surface area contributed by atoms with Crippen molar-refractivity contribution in [2.75, 3.05) is 14.1 Å². The van der Waals surface area contributed by atoms with Gasteiger partial charge >= 0.3 is 0 Å². The van der Waals surface area contributed by atoms with Crippen LogP contribution in [-0.4, -0.2) is 19.1 Å². The van der Waals surface area contributed by atoms with Gasteiger partial charge in [0.25, 0.3) is 0 Å². The minimum atomic E-state index is 0.833. The summed E-state index contributed by atoms with van der Waals surface area (Å²) in [6.07, 6.45) is 0. The van der Waals surface area contributed by atoms with Gasteiger partial charge in [0.1, 0.15) is 5.69 Å². The molecule has 3 rings (SSSR count). The largest absolute Gasteiger partial charge is 0.307 e. The number of quaternary nitrogens is 1. The first-order chi connectivity index (χ1) is 9.04. The van der Waals surface area contributed by atoms with Crippen molar-refractivity contribution in [3.63, 3.8) is 0 Å². The second-order valence-electron chi connectivity index (χ2n) is 5.07. The third kappa shape index (κ3) is 2.13. The van der Waals surface area contributed by atoms with E-state index >= 15 is 0 Å². The molecule has 0 saturated carbocycles. The van der Waals surface area contributed by atoms with Crippen molar-refractivity contribution in [3.05, 3.63) is 41.3 Å². The highest BCUT2D eigenvalue weighted by molar-refractivity contribution is 7.21. The summed E-state index contributed by atoms with van der Waals surface area (Å²) in [4.78, 5) is 7.18. The topological polar surface area (TPSA) is 42.9 Å². The monoisotopic (exact) mass is 271 g/mol. The first kappa shape index (κ1) is 12.3. The lowest BCUT2D eigenvalue weighted by atomic mass is 10.1. The number of aryl methyl sites for hydroxylation is 1. The first-order valence-electron chi connectivity index (χ1n) is 6.29. The van der Waals surface area contributed by atoms with Gasteiger partial charge in [-0.3, -0.25) is 5.41 Å². The van der Waals surface area contributed by atoms with Crippen LogP contribution < -0.4 is 15.7 Å². The Hall–Kier alpha value is -1.78. The number of nitrogens with zero attached hydrogens (tertiary/aromatic N) is 1. The summed E-state index contributed by atoms with van der Waals surface area (Å²) < 4.78 is 1.20. The number of hydrogen-bond donors (Lipinski definition) is 2. The average molecular weight is 271 g/mol. The van der Waals surface area contributed by atoms with Crippen molar-refractivity contribution in [2.24, 2.45) is 0 Å². The third-order valence-corrected chi connectivity index (χ3v) is 4.44. The molecule has 3 N–H and O–H groups in total. The molecule has 1 heterocycles. The average Bonchev–Trinajstić information content (AvgIpc) is 2.37. The van der Waals surface area contributed by atoms with Gasteiger partial charge in [-0.2, -0.15) is 0 Å². The van der Waals surface area contributed by atoms with Crippen LogP contribution in [0.4, 0.5) is 5.69 Å². The lowest BCUT2D eigenvalue weighted by molar-refractivity contribution is -0.786. The van der Waals surface area contributed by atoms with Gasteiger partial charge < -0.3 is 4.90 Å². The van der Waals surface area contributed by atoms with Crippen LogP contribution >= 0.6 is 11.3 Å². The summed E-state index contributed by atoms with van der Waals surface area (Å²) in [5.41, 5.74) is 4.42. The van der Waals surface area contributed by atoms with E-state index in [-0.39, 0.29) is 0 Å². The second-order valence-corrected chi connectivity index (χ2v) is 6.16. The van der Waals surface area contributed by atoms with Gasteiger partial charge in [0.2, 0.25) is 5.36 Å². The van der Waals surface area contributed by atoms with Gasteiger partial charge in [-0.15, -0.1) is 11.3 Å². The van der Waals surface area contributed by atoms with Gasteiger partial charge in [0.15, 0.2) is 0 Å². The first-order valence-corrected chi connectivity index (χ1v) is 7.10. The summed E-state index contributed by atoms with van der Waals surface area (Å²) in [5, 5.41) is 6.82. The van der Waals surface area contributed by atoms with Crippen LogP contribution in [0.1, 0.15) is 5.56 Å². The molecule has 0 aromatic heterocycles. The van der Waals surface area contributed by atoms with E-state index in [4.69, 9.17) is 10.4 Å². The van der Waals surface area contributed by atoms with Crippen molar-refractivity contribution < 1.29 is 10.3 Å². The Morgan fingerprint density at radius 2 is 1.95 bits per heavy atom. The van der Waals surface area contributed by atoms with Crippen LogP contribution in [-0.2, 0) is 0 Å². The number of benzene rings is 2. The molecule has 0 fully saturated rings. The number of hydrogen-bond acceptors (Lipinski definition) is 2. The van der Waals surface area contributed by atoms with Crippen molar-refractivity contribution >= 4 is 27.2 Å². The fourth-order valence-electron chi connectivity index (χ4n) is 2.11. The Morgan fingerprint density at radius 3 is 2.68 bits per heavy atom. The zero-order valence-electron chi connectivity index (χ0n) is 11.3. The zero-order chi connectivity index (χ0) is 13.6. The molecule has 0 spiro atoms. The maximum absolute atomic E-state index is 5.98. The molecule has 19 heavy (non-hydrogen) atoms. The molecule has 1 aromatic rings. The molecular weight excluding hydrogens is 254 g/mol. The number of nitrogens with two attached hydrogens (primary N) is 1. The molecule has 1 aliphatic carbocycles. The fourth-order valence-corrected chi connectivity index (χ4v) is 3.14. The predicted molar refractivity (Wildman–Crippen MR) is 78.5 cm³/mol. The molecule has 2 aliphatic rings. The highest BCUT2D eigenvalue weighted by Crippen LogP contribution is 2.30. The SMILES string of the molecule is Cc1cc2nc3ccc([NH+](C)C)cc3sc-2cc1=[NH2+]. The molecule has 96 valence electrons. The predicted octanol–water partition coefficient (Wildman–Crippen LogP) is 0.145. The number of aromatic nitrogens is 1. The maximum Gasteiger partial charge on any atom is 0.201 e. The Kier molecular flexibility index (Phi) is 2.84. The van der Waals surface area contributed by atoms with Crippen molar-refractivity contribution in [3.8, 4) is 10.6 Å². The van der Waals surface area contributed by atoms with E-state index in [1.807, 2.05) is 13.0 Å². The molecule has 0 atom stereocenters. The van der Waals surface area contributed by atoms with Gasteiger partial charge in [-0.25, -0.2) is 4.98 Å². The van der Waals surface area contributed by atoms with Crippen molar-refractivity contribution in [1.82, 2.24) is 4.98 Å². The lowest BCUT2D eigenvalue weighted by Gasteiger charge is -2.09. The number of rotatable bonds is 1. The lowest BCUT2D eigenvalue weighted by Crippen LogP contribution is -3.00. The Bertz CT molecular complexity index is 789. The van der Waals surface area contributed by atoms with Crippen molar-refractivity contribution in [2.45, 2.75) is 6.92 Å². The van der Waals surface area contributed by atoms with Crippen LogP contribution in [0.15, 0.2) is 30.3 Å². The van der Waals surface area contributed by atoms with Crippen LogP contribution in [0.25, 0.3) is 20.8 Å². The van der Waals surface area contributed by atoms with E-state index in [0.717, 1.165) is 27.0 Å². The molecule has 0 bridgehead atoms. The summed E-state index contributed by atoms with van der Waals surface area (Å²) in [6, 6.07) is 10.5. The summed E-state index contributed by atoms with van der Waals surface area (Å²) in [6.45, 7) is 2.02.